The van der Waals surface area contributed by atoms with Gasteiger partial charge in [0.05, 0.1) is 12.6 Å². The van der Waals surface area contributed by atoms with E-state index in [1.165, 1.54) is 11.3 Å². The number of aromatic nitrogens is 1. The Morgan fingerprint density at radius 3 is 2.53 bits per heavy atom. The molecule has 2 rings (SSSR count). The second kappa shape index (κ2) is 5.40. The summed E-state index contributed by atoms with van der Waals surface area (Å²) in [5, 5.41) is 5.24. The van der Waals surface area contributed by atoms with Gasteiger partial charge in [-0.05, 0) is 31.5 Å². The number of rotatable bonds is 4. The molecule has 5 heteroatoms. The molecule has 1 N–H and O–H groups in total. The number of hydrogen-bond donors (Lipinski definition) is 1. The van der Waals surface area contributed by atoms with E-state index in [-0.39, 0.29) is 5.91 Å². The highest BCUT2D eigenvalue weighted by atomic mass is 32.1. The zero-order chi connectivity index (χ0) is 13.9. The maximum atomic E-state index is 12.0. The smallest absolute Gasteiger partial charge is 0.280 e. The summed E-state index contributed by atoms with van der Waals surface area (Å²) in [5.74, 6) is 0.640. The molecule has 2 aromatic rings. The Morgan fingerprint density at radius 1 is 1.32 bits per heavy atom. The molecule has 0 fully saturated rings. The van der Waals surface area contributed by atoms with Gasteiger partial charge in [0.1, 0.15) is 5.75 Å². The van der Waals surface area contributed by atoms with Crippen LogP contribution < -0.4 is 10.1 Å². The Bertz CT molecular complexity index is 547. The molecule has 0 bridgehead atoms. The predicted octanol–water partition coefficient (Wildman–Crippen LogP) is 2.82. The lowest BCUT2D eigenvalue weighted by molar-refractivity contribution is 0.0911. The lowest BCUT2D eigenvalue weighted by atomic mass is 9.94. The van der Waals surface area contributed by atoms with E-state index >= 15 is 0 Å². The SMILES string of the molecule is COc1ccc(C(C)(C)NC(=O)c2nccs2)cc1. The molecule has 0 aliphatic rings. The largest absolute Gasteiger partial charge is 0.497 e. The number of amides is 1. The zero-order valence-corrected chi connectivity index (χ0v) is 12.0. The van der Waals surface area contributed by atoms with Gasteiger partial charge in [0.15, 0.2) is 5.01 Å². The molecule has 0 saturated carbocycles. The van der Waals surface area contributed by atoms with Crippen molar-refractivity contribution in [2.45, 2.75) is 19.4 Å². The van der Waals surface area contributed by atoms with Crippen molar-refractivity contribution in [1.29, 1.82) is 0 Å². The summed E-state index contributed by atoms with van der Waals surface area (Å²) in [6.45, 7) is 3.92. The molecular weight excluding hydrogens is 260 g/mol. The highest BCUT2D eigenvalue weighted by Gasteiger charge is 2.24. The number of thiazole rings is 1. The molecule has 1 aromatic carbocycles. The summed E-state index contributed by atoms with van der Waals surface area (Å²) >= 11 is 1.33. The van der Waals surface area contributed by atoms with Crippen LogP contribution in [0, 0.1) is 0 Å². The van der Waals surface area contributed by atoms with Crippen molar-refractivity contribution in [3.05, 3.63) is 46.4 Å². The maximum absolute atomic E-state index is 12.0. The number of methoxy groups -OCH3 is 1. The van der Waals surface area contributed by atoms with E-state index in [0.717, 1.165) is 11.3 Å². The van der Waals surface area contributed by atoms with Crippen LogP contribution in [-0.2, 0) is 5.54 Å². The minimum absolute atomic E-state index is 0.157. The van der Waals surface area contributed by atoms with Gasteiger partial charge in [0.2, 0.25) is 0 Å². The highest BCUT2D eigenvalue weighted by Crippen LogP contribution is 2.23. The van der Waals surface area contributed by atoms with Crippen LogP contribution in [0.15, 0.2) is 35.8 Å². The third kappa shape index (κ3) is 3.12. The molecule has 0 atom stereocenters. The van der Waals surface area contributed by atoms with Crippen molar-refractivity contribution in [1.82, 2.24) is 10.3 Å². The summed E-state index contributed by atoms with van der Waals surface area (Å²) in [4.78, 5) is 16.0. The van der Waals surface area contributed by atoms with E-state index in [1.54, 1.807) is 18.7 Å². The van der Waals surface area contributed by atoms with Gasteiger partial charge in [0.25, 0.3) is 5.91 Å². The van der Waals surface area contributed by atoms with Crippen molar-refractivity contribution in [3.63, 3.8) is 0 Å². The fourth-order valence-corrected chi connectivity index (χ4v) is 2.28. The Labute approximate surface area is 116 Å². The summed E-state index contributed by atoms with van der Waals surface area (Å²) in [7, 11) is 1.63. The maximum Gasteiger partial charge on any atom is 0.280 e. The normalized spacial score (nSPS) is 11.1. The number of nitrogens with one attached hydrogen (secondary N) is 1. The number of hydrogen-bond acceptors (Lipinski definition) is 4. The van der Waals surface area contributed by atoms with Crippen LogP contribution >= 0.6 is 11.3 Å². The van der Waals surface area contributed by atoms with Crippen molar-refractivity contribution < 1.29 is 9.53 Å². The van der Waals surface area contributed by atoms with Crippen LogP contribution in [-0.4, -0.2) is 18.0 Å². The molecule has 0 aliphatic carbocycles. The van der Waals surface area contributed by atoms with E-state index < -0.39 is 5.54 Å². The second-order valence-electron chi connectivity index (χ2n) is 4.64. The van der Waals surface area contributed by atoms with Crippen molar-refractivity contribution in [3.8, 4) is 5.75 Å². The summed E-state index contributed by atoms with van der Waals surface area (Å²) in [5.41, 5.74) is 0.549. The zero-order valence-electron chi connectivity index (χ0n) is 11.1. The van der Waals surface area contributed by atoms with Crippen molar-refractivity contribution in [2.75, 3.05) is 7.11 Å². The number of nitrogens with zero attached hydrogens (tertiary/aromatic N) is 1. The summed E-state index contributed by atoms with van der Waals surface area (Å²) in [6, 6.07) is 7.65. The Balaban J connectivity index is 2.14. The van der Waals surface area contributed by atoms with Gasteiger partial charge in [0, 0.05) is 11.6 Å². The lowest BCUT2D eigenvalue weighted by Crippen LogP contribution is -2.40. The fraction of sp³-hybridized carbons (Fsp3) is 0.286. The Kier molecular flexibility index (Phi) is 3.85. The highest BCUT2D eigenvalue weighted by molar-refractivity contribution is 7.11. The molecule has 1 heterocycles. The molecule has 0 aliphatic heterocycles. The van der Waals surface area contributed by atoms with Gasteiger partial charge in [-0.1, -0.05) is 12.1 Å². The van der Waals surface area contributed by atoms with Gasteiger partial charge in [-0.15, -0.1) is 11.3 Å². The predicted molar refractivity (Wildman–Crippen MR) is 75.6 cm³/mol. The Hall–Kier alpha value is -1.88. The minimum Gasteiger partial charge on any atom is -0.497 e. The van der Waals surface area contributed by atoms with Gasteiger partial charge >= 0.3 is 0 Å². The van der Waals surface area contributed by atoms with Crippen LogP contribution in [0.3, 0.4) is 0 Å². The van der Waals surface area contributed by atoms with Crippen molar-refractivity contribution >= 4 is 17.2 Å². The molecule has 19 heavy (non-hydrogen) atoms. The molecule has 1 amide bonds. The van der Waals surface area contributed by atoms with Crippen LogP contribution in [0.5, 0.6) is 5.75 Å². The van der Waals surface area contributed by atoms with Gasteiger partial charge < -0.3 is 10.1 Å². The van der Waals surface area contributed by atoms with Crippen LogP contribution in [0.25, 0.3) is 0 Å². The first kappa shape index (κ1) is 13.5. The average molecular weight is 276 g/mol. The molecule has 0 unspecified atom stereocenters. The van der Waals surface area contributed by atoms with Gasteiger partial charge in [-0.3, -0.25) is 4.79 Å². The standard InChI is InChI=1S/C14H16N2O2S/c1-14(2,10-4-6-11(18-3)7-5-10)16-12(17)13-15-8-9-19-13/h4-9H,1-3H3,(H,16,17). The first-order valence-corrected chi connectivity index (χ1v) is 6.77. The number of ether oxygens (including phenoxy) is 1. The molecule has 0 radical (unpaired) electrons. The Morgan fingerprint density at radius 2 is 2.00 bits per heavy atom. The second-order valence-corrected chi connectivity index (χ2v) is 5.54. The molecule has 0 spiro atoms. The number of benzene rings is 1. The third-order valence-corrected chi connectivity index (χ3v) is 3.64. The van der Waals surface area contributed by atoms with Gasteiger partial charge in [-0.25, -0.2) is 4.98 Å². The van der Waals surface area contributed by atoms with E-state index in [1.807, 2.05) is 38.1 Å². The third-order valence-electron chi connectivity index (χ3n) is 2.86. The van der Waals surface area contributed by atoms with E-state index in [2.05, 4.69) is 10.3 Å². The quantitative estimate of drug-likeness (QED) is 0.934. The minimum atomic E-state index is -0.463. The lowest BCUT2D eigenvalue weighted by Gasteiger charge is -2.26. The van der Waals surface area contributed by atoms with E-state index in [4.69, 9.17) is 4.74 Å². The van der Waals surface area contributed by atoms with Crippen LogP contribution in [0.2, 0.25) is 0 Å². The molecule has 100 valence electrons. The van der Waals surface area contributed by atoms with Crippen LogP contribution in [0.1, 0.15) is 29.2 Å². The van der Waals surface area contributed by atoms with Crippen LogP contribution in [0.4, 0.5) is 0 Å². The topological polar surface area (TPSA) is 51.2 Å². The van der Waals surface area contributed by atoms with Crippen molar-refractivity contribution in [2.24, 2.45) is 0 Å². The monoisotopic (exact) mass is 276 g/mol. The average Bonchev–Trinajstić information content (AvgIpc) is 2.92. The molecule has 0 saturated heterocycles. The summed E-state index contributed by atoms with van der Waals surface area (Å²) in [6.07, 6.45) is 1.62. The van der Waals surface area contributed by atoms with E-state index in [9.17, 15) is 4.79 Å². The van der Waals surface area contributed by atoms with Gasteiger partial charge in [-0.2, -0.15) is 0 Å². The molecule has 1 aromatic heterocycles. The first-order valence-electron chi connectivity index (χ1n) is 5.89. The molecular formula is C14H16N2O2S. The first-order chi connectivity index (χ1) is 9.03. The molecule has 4 nitrogen and oxygen atoms in total. The summed E-state index contributed by atoms with van der Waals surface area (Å²) < 4.78 is 5.13. The van der Waals surface area contributed by atoms with E-state index in [0.29, 0.717) is 5.01 Å². The fourth-order valence-electron chi connectivity index (χ4n) is 1.75. The number of carbonyl (C=O) groups excluding carboxylic acids is 1. The number of carbonyl (C=O) groups is 1.